The van der Waals surface area contributed by atoms with Crippen molar-refractivity contribution >= 4 is 17.6 Å². The highest BCUT2D eigenvalue weighted by molar-refractivity contribution is 5.88. The van der Waals surface area contributed by atoms with E-state index in [-0.39, 0.29) is 30.2 Å². The Morgan fingerprint density at radius 2 is 1.65 bits per heavy atom. The lowest BCUT2D eigenvalue weighted by Gasteiger charge is -2.24. The van der Waals surface area contributed by atoms with Gasteiger partial charge in [-0.3, -0.25) is 14.9 Å². The molecule has 4 rings (SSSR count). The number of non-ortho nitro benzene ring substituents is 1. The second kappa shape index (κ2) is 9.84. The normalized spacial score (nSPS) is 13.9. The van der Waals surface area contributed by atoms with E-state index >= 15 is 0 Å². The van der Waals surface area contributed by atoms with E-state index < -0.39 is 28.9 Å². The van der Waals surface area contributed by atoms with Crippen LogP contribution in [-0.4, -0.2) is 34.6 Å². The lowest BCUT2D eigenvalue weighted by Crippen LogP contribution is -2.46. The van der Waals surface area contributed by atoms with Crippen LogP contribution in [0.2, 0.25) is 0 Å². The lowest BCUT2D eigenvalue weighted by molar-refractivity contribution is -0.385. The molecule has 8 heteroatoms. The van der Waals surface area contributed by atoms with Crippen LogP contribution in [0, 0.1) is 10.1 Å². The number of nitro groups is 1. The number of esters is 1. The van der Waals surface area contributed by atoms with Crippen LogP contribution < -0.4 is 5.32 Å². The van der Waals surface area contributed by atoms with Crippen molar-refractivity contribution in [3.05, 3.63) is 99.6 Å². The van der Waals surface area contributed by atoms with Crippen molar-refractivity contribution in [3.8, 4) is 11.1 Å². The molecule has 0 unspecified atom stereocenters. The van der Waals surface area contributed by atoms with Crippen molar-refractivity contribution in [2.45, 2.75) is 31.4 Å². The number of carbonyl (C=O) groups is 2. The largest absolute Gasteiger partial charge is 0.464 e. The van der Waals surface area contributed by atoms with Crippen molar-refractivity contribution in [1.82, 2.24) is 5.32 Å². The van der Waals surface area contributed by atoms with Crippen LogP contribution in [0.5, 0.6) is 0 Å². The summed E-state index contributed by atoms with van der Waals surface area (Å²) in [6.07, 6.45) is -1.46. The minimum atomic E-state index is -1.52. The van der Waals surface area contributed by atoms with Crippen molar-refractivity contribution in [1.29, 1.82) is 0 Å². The lowest BCUT2D eigenvalue weighted by atomic mass is 9.93. The van der Waals surface area contributed by atoms with Crippen LogP contribution in [-0.2, 0) is 14.3 Å². The summed E-state index contributed by atoms with van der Waals surface area (Å²) in [6.45, 7) is 1.67. The molecule has 3 aromatic carbocycles. The molecule has 0 fully saturated rings. The Morgan fingerprint density at radius 1 is 1.03 bits per heavy atom. The van der Waals surface area contributed by atoms with Gasteiger partial charge in [0, 0.05) is 24.5 Å². The molecule has 0 radical (unpaired) electrons. The third-order valence-corrected chi connectivity index (χ3v) is 5.95. The van der Waals surface area contributed by atoms with Gasteiger partial charge in [0.2, 0.25) is 5.91 Å². The molecule has 34 heavy (non-hydrogen) atoms. The Hall–Kier alpha value is -4.04. The zero-order valence-corrected chi connectivity index (χ0v) is 18.5. The molecule has 0 aromatic heterocycles. The first kappa shape index (κ1) is 23.1. The fourth-order valence-electron chi connectivity index (χ4n) is 4.41. The number of ether oxygens (including phenoxy) is 1. The van der Waals surface area contributed by atoms with E-state index in [0.717, 1.165) is 22.3 Å². The summed E-state index contributed by atoms with van der Waals surface area (Å²) < 4.78 is 5.06. The number of benzene rings is 3. The predicted molar refractivity (Wildman–Crippen MR) is 125 cm³/mol. The van der Waals surface area contributed by atoms with Gasteiger partial charge in [0.15, 0.2) is 6.04 Å². The molecular weight excluding hydrogens is 436 g/mol. The van der Waals surface area contributed by atoms with E-state index in [4.69, 9.17) is 4.74 Å². The number of nitro benzene ring substituents is 1. The molecule has 0 heterocycles. The molecule has 1 amide bonds. The van der Waals surface area contributed by atoms with Gasteiger partial charge in [0.25, 0.3) is 5.69 Å². The van der Waals surface area contributed by atoms with Gasteiger partial charge < -0.3 is 15.2 Å². The first-order chi connectivity index (χ1) is 16.4. The van der Waals surface area contributed by atoms with Gasteiger partial charge in [0.05, 0.1) is 11.5 Å². The monoisotopic (exact) mass is 460 g/mol. The van der Waals surface area contributed by atoms with Crippen LogP contribution in [0.25, 0.3) is 11.1 Å². The third kappa shape index (κ3) is 4.53. The van der Waals surface area contributed by atoms with Crippen LogP contribution in [0.3, 0.4) is 0 Å². The molecule has 8 nitrogen and oxygen atoms in total. The Balaban J connectivity index is 1.58. The molecule has 3 aromatic rings. The average molecular weight is 460 g/mol. The predicted octanol–water partition coefficient (Wildman–Crippen LogP) is 3.88. The Morgan fingerprint density at radius 3 is 2.24 bits per heavy atom. The minimum absolute atomic E-state index is 0.0518. The van der Waals surface area contributed by atoms with E-state index in [0.29, 0.717) is 0 Å². The molecule has 174 valence electrons. The fourth-order valence-corrected chi connectivity index (χ4v) is 4.41. The summed E-state index contributed by atoms with van der Waals surface area (Å²) in [6, 6.07) is 19.6. The number of hydrogen-bond acceptors (Lipinski definition) is 6. The third-order valence-electron chi connectivity index (χ3n) is 5.95. The molecule has 1 aliphatic rings. The molecule has 1 aliphatic carbocycles. The molecular formula is C26H24N2O6. The van der Waals surface area contributed by atoms with Crippen molar-refractivity contribution in [2.75, 3.05) is 6.61 Å². The van der Waals surface area contributed by atoms with Crippen molar-refractivity contribution in [3.63, 3.8) is 0 Å². The second-order valence-electron chi connectivity index (χ2n) is 8.03. The second-order valence-corrected chi connectivity index (χ2v) is 8.03. The average Bonchev–Trinajstić information content (AvgIpc) is 3.16. The van der Waals surface area contributed by atoms with E-state index in [1.54, 1.807) is 6.92 Å². The van der Waals surface area contributed by atoms with Crippen molar-refractivity contribution < 1.29 is 24.4 Å². The number of fused-ring (bicyclic) bond motifs is 3. The van der Waals surface area contributed by atoms with E-state index in [1.165, 1.54) is 24.3 Å². The van der Waals surface area contributed by atoms with Crippen LogP contribution in [0.4, 0.5) is 5.69 Å². The Kier molecular flexibility index (Phi) is 6.70. The zero-order chi connectivity index (χ0) is 24.2. The summed E-state index contributed by atoms with van der Waals surface area (Å²) in [4.78, 5) is 36.2. The van der Waals surface area contributed by atoms with Gasteiger partial charge in [-0.2, -0.15) is 0 Å². The van der Waals surface area contributed by atoms with Gasteiger partial charge in [-0.05, 0) is 34.7 Å². The molecule has 0 saturated heterocycles. The Bertz CT molecular complexity index is 1200. The summed E-state index contributed by atoms with van der Waals surface area (Å²) >= 11 is 0. The molecule has 0 aliphatic heterocycles. The quantitative estimate of drug-likeness (QED) is 0.299. The van der Waals surface area contributed by atoms with Crippen molar-refractivity contribution in [2.24, 2.45) is 0 Å². The summed E-state index contributed by atoms with van der Waals surface area (Å²) in [5, 5.41) is 24.6. The Labute approximate surface area is 196 Å². The number of nitrogens with one attached hydrogen (secondary N) is 1. The molecule has 0 bridgehead atoms. The number of aliphatic hydroxyl groups excluding tert-OH is 1. The van der Waals surface area contributed by atoms with E-state index in [1.807, 2.05) is 48.5 Å². The number of amides is 1. The molecule has 0 spiro atoms. The summed E-state index contributed by atoms with van der Waals surface area (Å²) in [5.74, 6) is -1.47. The minimum Gasteiger partial charge on any atom is -0.464 e. The highest BCUT2D eigenvalue weighted by atomic mass is 16.6. The standard InChI is InChI=1S/C26H24N2O6/c1-2-34-26(31)24(25(30)16-8-7-9-17(14-16)28(32)33)27-23(29)15-22-20-12-5-3-10-18(20)19-11-4-6-13-21(19)22/h3-14,22,24-25,30H,2,15H2,1H3,(H,27,29)/t24-,25+/m0/s1. The van der Waals surface area contributed by atoms with Gasteiger partial charge in [-0.1, -0.05) is 60.7 Å². The van der Waals surface area contributed by atoms with Crippen LogP contribution >= 0.6 is 0 Å². The van der Waals surface area contributed by atoms with E-state index in [9.17, 15) is 24.8 Å². The number of nitrogens with zero attached hydrogens (tertiary/aromatic N) is 1. The zero-order valence-electron chi connectivity index (χ0n) is 18.5. The van der Waals surface area contributed by atoms with E-state index in [2.05, 4.69) is 5.32 Å². The van der Waals surface area contributed by atoms with Gasteiger partial charge in [-0.15, -0.1) is 0 Å². The number of aliphatic hydroxyl groups is 1. The molecule has 2 atom stereocenters. The number of hydrogen-bond donors (Lipinski definition) is 2. The highest BCUT2D eigenvalue weighted by Crippen LogP contribution is 2.46. The first-order valence-corrected chi connectivity index (χ1v) is 11.0. The maximum Gasteiger partial charge on any atom is 0.331 e. The maximum atomic E-state index is 13.1. The first-order valence-electron chi connectivity index (χ1n) is 11.0. The van der Waals surface area contributed by atoms with Crippen LogP contribution in [0.15, 0.2) is 72.8 Å². The summed E-state index contributed by atoms with van der Waals surface area (Å²) in [7, 11) is 0. The number of rotatable bonds is 8. The SMILES string of the molecule is CCOC(=O)[C@@H](NC(=O)CC1c2ccccc2-c2ccccc21)[C@H](O)c1cccc([N+](=O)[O-])c1. The summed E-state index contributed by atoms with van der Waals surface area (Å²) in [5.41, 5.74) is 4.06. The van der Waals surface area contributed by atoms with Crippen LogP contribution in [0.1, 0.15) is 42.1 Å². The van der Waals surface area contributed by atoms with Gasteiger partial charge in [0.1, 0.15) is 6.10 Å². The fraction of sp³-hybridized carbons (Fsp3) is 0.231. The van der Waals surface area contributed by atoms with Gasteiger partial charge >= 0.3 is 5.97 Å². The molecule has 0 saturated carbocycles. The topological polar surface area (TPSA) is 119 Å². The molecule has 2 N–H and O–H groups in total. The maximum absolute atomic E-state index is 13.1. The van der Waals surface area contributed by atoms with Gasteiger partial charge in [-0.25, -0.2) is 4.79 Å². The number of carbonyl (C=O) groups excluding carboxylic acids is 2. The smallest absolute Gasteiger partial charge is 0.331 e. The highest BCUT2D eigenvalue weighted by Gasteiger charge is 2.34.